The number of aliphatic imine (C=N–C) groups is 1. The first kappa shape index (κ1) is 12.7. The van der Waals surface area contributed by atoms with Gasteiger partial charge >= 0.3 is 0 Å². The van der Waals surface area contributed by atoms with Crippen LogP contribution in [0.4, 0.5) is 0 Å². The van der Waals surface area contributed by atoms with E-state index in [0.29, 0.717) is 5.92 Å². The zero-order chi connectivity index (χ0) is 12.0. The molecule has 0 spiro atoms. The maximum Gasteiger partial charge on any atom is 0.251 e. The number of nitrogens with one attached hydrogen (secondary N) is 1. The Labute approximate surface area is 95.4 Å². The standard InChI is InChI=1S/C10H20N4O2/c1-2-9(8-6-4-3-5-7-8)12-10(11)13-14(15)16/h8-9H,2-7H2,1H3,(H3,11,12,13)/t9-/m1/s1. The molecule has 92 valence electrons. The Balaban J connectivity index is 2.55. The van der Waals surface area contributed by atoms with Crippen LogP contribution in [0.2, 0.25) is 0 Å². The lowest BCUT2D eigenvalue weighted by atomic mass is 9.83. The summed E-state index contributed by atoms with van der Waals surface area (Å²) in [4.78, 5) is 14.4. The van der Waals surface area contributed by atoms with E-state index in [1.807, 2.05) is 12.3 Å². The van der Waals surface area contributed by atoms with Crippen molar-refractivity contribution in [1.29, 1.82) is 0 Å². The number of rotatable bonds is 4. The number of nitrogens with two attached hydrogens (primary N) is 1. The fourth-order valence-electron chi connectivity index (χ4n) is 2.35. The smallest absolute Gasteiger partial charge is 0.251 e. The van der Waals surface area contributed by atoms with Gasteiger partial charge in [0.1, 0.15) is 0 Å². The zero-order valence-electron chi connectivity index (χ0n) is 9.69. The van der Waals surface area contributed by atoms with Crippen molar-refractivity contribution >= 4 is 5.96 Å². The molecule has 1 aliphatic carbocycles. The summed E-state index contributed by atoms with van der Waals surface area (Å²) in [5.41, 5.74) is 7.35. The molecule has 1 fully saturated rings. The second kappa shape index (κ2) is 6.30. The van der Waals surface area contributed by atoms with Crippen molar-refractivity contribution in [2.45, 2.75) is 51.5 Å². The molecule has 0 aliphatic heterocycles. The van der Waals surface area contributed by atoms with Crippen LogP contribution in [0.1, 0.15) is 45.4 Å². The van der Waals surface area contributed by atoms with Crippen molar-refractivity contribution in [2.24, 2.45) is 16.6 Å². The number of hydrazine groups is 1. The van der Waals surface area contributed by atoms with Gasteiger partial charge in [-0.25, -0.2) is 15.1 Å². The van der Waals surface area contributed by atoms with Crippen molar-refractivity contribution in [1.82, 2.24) is 5.43 Å². The maximum atomic E-state index is 10.2. The molecular weight excluding hydrogens is 208 g/mol. The van der Waals surface area contributed by atoms with Gasteiger partial charge in [-0.05, 0) is 25.2 Å². The molecule has 3 N–H and O–H groups in total. The molecule has 6 nitrogen and oxygen atoms in total. The van der Waals surface area contributed by atoms with Gasteiger partial charge in [0.15, 0.2) is 5.03 Å². The van der Waals surface area contributed by atoms with Crippen LogP contribution in [-0.2, 0) is 0 Å². The highest BCUT2D eigenvalue weighted by molar-refractivity contribution is 5.76. The average Bonchev–Trinajstić information content (AvgIpc) is 2.26. The highest BCUT2D eigenvalue weighted by Crippen LogP contribution is 2.29. The summed E-state index contributed by atoms with van der Waals surface area (Å²) in [6.45, 7) is 2.04. The molecular formula is C10H20N4O2. The van der Waals surface area contributed by atoms with E-state index in [0.717, 1.165) is 19.3 Å². The van der Waals surface area contributed by atoms with Crippen LogP contribution >= 0.6 is 0 Å². The van der Waals surface area contributed by atoms with Crippen LogP contribution in [0.5, 0.6) is 0 Å². The molecule has 0 heterocycles. The lowest BCUT2D eigenvalue weighted by Gasteiger charge is -2.26. The summed E-state index contributed by atoms with van der Waals surface area (Å²) >= 11 is 0. The van der Waals surface area contributed by atoms with Gasteiger partial charge in [-0.2, -0.15) is 0 Å². The van der Waals surface area contributed by atoms with Gasteiger partial charge in [0.25, 0.3) is 5.96 Å². The fourth-order valence-corrected chi connectivity index (χ4v) is 2.35. The Hall–Kier alpha value is -1.33. The lowest BCUT2D eigenvalue weighted by molar-refractivity contribution is -0.525. The average molecular weight is 228 g/mol. The highest BCUT2D eigenvalue weighted by Gasteiger charge is 2.22. The predicted octanol–water partition coefficient (Wildman–Crippen LogP) is 1.44. The van der Waals surface area contributed by atoms with Crippen molar-refractivity contribution in [3.8, 4) is 0 Å². The van der Waals surface area contributed by atoms with E-state index in [1.165, 1.54) is 19.3 Å². The Bertz CT molecular complexity index is 262. The minimum absolute atomic E-state index is 0.0811. The van der Waals surface area contributed by atoms with E-state index < -0.39 is 5.03 Å². The number of nitrogens with zero attached hydrogens (tertiary/aromatic N) is 2. The minimum atomic E-state index is -0.674. The van der Waals surface area contributed by atoms with E-state index >= 15 is 0 Å². The number of guanidine groups is 1. The van der Waals surface area contributed by atoms with Gasteiger partial charge in [-0.3, -0.25) is 0 Å². The third kappa shape index (κ3) is 4.04. The summed E-state index contributed by atoms with van der Waals surface area (Å²) in [5.74, 6) is 0.452. The van der Waals surface area contributed by atoms with E-state index in [9.17, 15) is 10.1 Å². The van der Waals surface area contributed by atoms with Gasteiger partial charge < -0.3 is 5.73 Å². The molecule has 1 atom stereocenters. The zero-order valence-corrected chi connectivity index (χ0v) is 9.69. The molecule has 0 bridgehead atoms. The van der Waals surface area contributed by atoms with Crippen LogP contribution in [0, 0.1) is 16.0 Å². The monoisotopic (exact) mass is 228 g/mol. The molecule has 0 radical (unpaired) electrons. The lowest BCUT2D eigenvalue weighted by Crippen LogP contribution is -2.38. The van der Waals surface area contributed by atoms with Gasteiger partial charge in [-0.1, -0.05) is 31.6 Å². The molecule has 1 aliphatic rings. The van der Waals surface area contributed by atoms with Gasteiger partial charge in [0.05, 0.1) is 6.04 Å². The number of nitro groups is 1. The minimum Gasteiger partial charge on any atom is -0.365 e. The Morgan fingerprint density at radius 1 is 1.56 bits per heavy atom. The molecule has 0 aromatic carbocycles. The molecule has 0 unspecified atom stereocenters. The second-order valence-electron chi connectivity index (χ2n) is 4.26. The Morgan fingerprint density at radius 3 is 2.69 bits per heavy atom. The summed E-state index contributed by atoms with van der Waals surface area (Å²) in [7, 11) is 0. The third-order valence-corrected chi connectivity index (χ3v) is 3.12. The SMILES string of the molecule is CC[C@@H](N=C(N)N[N+](=O)[O-])C1CCCCC1. The first-order valence-electron chi connectivity index (χ1n) is 5.87. The van der Waals surface area contributed by atoms with Gasteiger partial charge in [0, 0.05) is 0 Å². The Kier molecular flexibility index (Phi) is 5.01. The van der Waals surface area contributed by atoms with Crippen molar-refractivity contribution < 1.29 is 5.03 Å². The van der Waals surface area contributed by atoms with Crippen LogP contribution in [-0.4, -0.2) is 17.0 Å². The Morgan fingerprint density at radius 2 is 2.19 bits per heavy atom. The molecule has 1 saturated carbocycles. The summed E-state index contributed by atoms with van der Waals surface area (Å²) < 4.78 is 0. The van der Waals surface area contributed by atoms with Crippen molar-refractivity contribution in [3.05, 3.63) is 10.1 Å². The second-order valence-corrected chi connectivity index (χ2v) is 4.26. The predicted molar refractivity (Wildman–Crippen MR) is 62.4 cm³/mol. The topological polar surface area (TPSA) is 93.5 Å². The van der Waals surface area contributed by atoms with E-state index in [2.05, 4.69) is 4.99 Å². The first-order valence-corrected chi connectivity index (χ1v) is 5.87. The molecule has 0 saturated heterocycles. The molecule has 16 heavy (non-hydrogen) atoms. The van der Waals surface area contributed by atoms with Crippen LogP contribution in [0.15, 0.2) is 4.99 Å². The van der Waals surface area contributed by atoms with Crippen LogP contribution in [0.25, 0.3) is 0 Å². The molecule has 0 aromatic rings. The number of hydrogen-bond donors (Lipinski definition) is 2. The summed E-state index contributed by atoms with van der Waals surface area (Å²) in [6, 6.07) is 0.118. The normalized spacial score (nSPS) is 20.4. The van der Waals surface area contributed by atoms with E-state index in [1.54, 1.807) is 0 Å². The van der Waals surface area contributed by atoms with E-state index in [4.69, 9.17) is 5.73 Å². The summed E-state index contributed by atoms with van der Waals surface area (Å²) in [5, 5.41) is 9.52. The molecule has 6 heteroatoms. The number of hydrogen-bond acceptors (Lipinski definition) is 3. The van der Waals surface area contributed by atoms with Crippen molar-refractivity contribution in [3.63, 3.8) is 0 Å². The highest BCUT2D eigenvalue weighted by atomic mass is 16.7. The molecule has 1 rings (SSSR count). The van der Waals surface area contributed by atoms with Gasteiger partial charge in [0.2, 0.25) is 0 Å². The largest absolute Gasteiger partial charge is 0.365 e. The van der Waals surface area contributed by atoms with Crippen LogP contribution < -0.4 is 11.2 Å². The first-order chi connectivity index (χ1) is 7.63. The van der Waals surface area contributed by atoms with E-state index in [-0.39, 0.29) is 12.0 Å². The quantitative estimate of drug-likeness (QED) is 0.329. The van der Waals surface area contributed by atoms with Gasteiger partial charge in [-0.15, -0.1) is 0 Å². The van der Waals surface area contributed by atoms with Crippen LogP contribution in [0.3, 0.4) is 0 Å². The third-order valence-electron chi connectivity index (χ3n) is 3.12. The van der Waals surface area contributed by atoms with Crippen molar-refractivity contribution in [2.75, 3.05) is 0 Å². The summed E-state index contributed by atoms with van der Waals surface area (Å²) in [6.07, 6.45) is 6.96. The molecule has 0 amide bonds. The molecule has 0 aromatic heterocycles. The fraction of sp³-hybridized carbons (Fsp3) is 0.900. The maximum absolute atomic E-state index is 10.2.